The maximum atomic E-state index is 13.8. The van der Waals surface area contributed by atoms with Gasteiger partial charge in [-0.15, -0.1) is 0 Å². The first-order valence-corrected chi connectivity index (χ1v) is 11.3. The minimum atomic E-state index is -1.57. The number of ether oxygens (including phenoxy) is 3. The van der Waals surface area contributed by atoms with Gasteiger partial charge < -0.3 is 39.7 Å². The second-order valence-electron chi connectivity index (χ2n) is 8.04. The molecule has 1 aliphatic heterocycles. The first-order valence-electron chi connectivity index (χ1n) is 11.3. The highest BCUT2D eigenvalue weighted by molar-refractivity contribution is 4.89. The molecule has 0 aromatic rings. The van der Waals surface area contributed by atoms with Crippen molar-refractivity contribution in [3.8, 4) is 0 Å². The summed E-state index contributed by atoms with van der Waals surface area (Å²) in [6, 6.07) is 0. The summed E-state index contributed by atoms with van der Waals surface area (Å²) in [5.74, 6) is 0. The molecule has 5 N–H and O–H groups in total. The lowest BCUT2D eigenvalue weighted by Crippen LogP contribution is -2.59. The van der Waals surface area contributed by atoms with Crippen LogP contribution in [0, 0.1) is 0 Å². The van der Waals surface area contributed by atoms with E-state index >= 15 is 0 Å². The predicted molar refractivity (Wildman–Crippen MR) is 108 cm³/mol. The Morgan fingerprint density at radius 2 is 1.50 bits per heavy atom. The molecular weight excluding hydrogens is 399 g/mol. The van der Waals surface area contributed by atoms with Gasteiger partial charge in [0.2, 0.25) is 0 Å². The summed E-state index contributed by atoms with van der Waals surface area (Å²) in [5.41, 5.74) is 0. The van der Waals surface area contributed by atoms with Crippen LogP contribution in [0.2, 0.25) is 0 Å². The monoisotopic (exact) mass is 440 g/mol. The molecule has 0 aromatic heterocycles. The van der Waals surface area contributed by atoms with Crippen LogP contribution in [0.3, 0.4) is 0 Å². The fraction of sp³-hybridized carbons (Fsp3) is 1.00. The maximum absolute atomic E-state index is 13.8. The SMILES string of the molecule is CCCCCCCCCCCC(F)OCC(O)CO[C@@H]1[C@@H](O)[C@@H](O)[C@@H](CO)O[C@H]1O. The van der Waals surface area contributed by atoms with E-state index in [1.807, 2.05) is 0 Å². The van der Waals surface area contributed by atoms with Gasteiger partial charge in [-0.25, -0.2) is 4.39 Å². The highest BCUT2D eigenvalue weighted by atomic mass is 19.1. The molecule has 1 rings (SSSR count). The molecule has 1 fully saturated rings. The highest BCUT2D eigenvalue weighted by Crippen LogP contribution is 2.22. The van der Waals surface area contributed by atoms with Crippen molar-refractivity contribution in [3.63, 3.8) is 0 Å². The normalized spacial score (nSPS) is 29.1. The number of aliphatic hydroxyl groups excluding tert-OH is 5. The summed E-state index contributed by atoms with van der Waals surface area (Å²) < 4.78 is 29.0. The average Bonchev–Trinajstić information content (AvgIpc) is 2.73. The first kappa shape index (κ1) is 27.6. The molecule has 30 heavy (non-hydrogen) atoms. The Kier molecular flexibility index (Phi) is 15.0. The Hall–Kier alpha value is -0.390. The van der Waals surface area contributed by atoms with Crippen molar-refractivity contribution >= 4 is 0 Å². The van der Waals surface area contributed by atoms with Crippen molar-refractivity contribution in [2.45, 2.75) is 114 Å². The van der Waals surface area contributed by atoms with Crippen LogP contribution >= 0.6 is 0 Å². The van der Waals surface area contributed by atoms with Gasteiger partial charge in [-0.2, -0.15) is 0 Å². The lowest BCUT2D eigenvalue weighted by molar-refractivity contribution is -0.299. The van der Waals surface area contributed by atoms with Crippen LogP contribution in [0.1, 0.15) is 71.1 Å². The van der Waals surface area contributed by atoms with E-state index in [0.717, 1.165) is 19.3 Å². The summed E-state index contributed by atoms with van der Waals surface area (Å²) in [6.45, 7) is 0.986. The molecular formula is C21H41FO8. The van der Waals surface area contributed by atoms with Crippen molar-refractivity contribution in [2.24, 2.45) is 0 Å². The van der Waals surface area contributed by atoms with Crippen molar-refractivity contribution in [2.75, 3.05) is 19.8 Å². The number of hydrogen-bond donors (Lipinski definition) is 5. The van der Waals surface area contributed by atoms with Gasteiger partial charge in [0.05, 0.1) is 19.8 Å². The molecule has 0 amide bonds. The van der Waals surface area contributed by atoms with Crippen LogP contribution in [0.5, 0.6) is 0 Å². The molecule has 0 saturated carbocycles. The number of aliphatic hydroxyl groups is 5. The molecule has 1 aliphatic rings. The Labute approximate surface area is 179 Å². The largest absolute Gasteiger partial charge is 0.394 e. The molecule has 0 bridgehead atoms. The van der Waals surface area contributed by atoms with Gasteiger partial charge in [-0.3, -0.25) is 0 Å². The number of alkyl halides is 1. The summed E-state index contributed by atoms with van der Waals surface area (Å²) >= 11 is 0. The Morgan fingerprint density at radius 3 is 2.10 bits per heavy atom. The number of unbranched alkanes of at least 4 members (excludes halogenated alkanes) is 8. The van der Waals surface area contributed by atoms with Gasteiger partial charge >= 0.3 is 0 Å². The zero-order valence-electron chi connectivity index (χ0n) is 18.1. The van der Waals surface area contributed by atoms with Crippen molar-refractivity contribution in [1.29, 1.82) is 0 Å². The topological polar surface area (TPSA) is 129 Å². The van der Waals surface area contributed by atoms with Crippen LogP contribution in [0.15, 0.2) is 0 Å². The first-order chi connectivity index (χ1) is 14.4. The molecule has 0 aromatic carbocycles. The summed E-state index contributed by atoms with van der Waals surface area (Å²) in [7, 11) is 0. The van der Waals surface area contributed by atoms with Crippen LogP contribution in [0.4, 0.5) is 4.39 Å². The van der Waals surface area contributed by atoms with E-state index in [1.165, 1.54) is 38.5 Å². The quantitative estimate of drug-likeness (QED) is 0.215. The molecule has 1 heterocycles. The molecule has 8 nitrogen and oxygen atoms in total. The smallest absolute Gasteiger partial charge is 0.198 e. The van der Waals surface area contributed by atoms with Crippen LogP contribution in [0.25, 0.3) is 0 Å². The molecule has 0 spiro atoms. The van der Waals surface area contributed by atoms with Gasteiger partial charge in [0.15, 0.2) is 12.6 Å². The minimum absolute atomic E-state index is 0.270. The van der Waals surface area contributed by atoms with Gasteiger partial charge in [0.1, 0.15) is 30.5 Å². The molecule has 0 aliphatic carbocycles. The molecule has 180 valence electrons. The van der Waals surface area contributed by atoms with Gasteiger partial charge in [0.25, 0.3) is 0 Å². The zero-order chi connectivity index (χ0) is 22.4. The molecule has 1 saturated heterocycles. The Morgan fingerprint density at radius 1 is 0.900 bits per heavy atom. The zero-order valence-corrected chi connectivity index (χ0v) is 18.1. The van der Waals surface area contributed by atoms with E-state index in [4.69, 9.17) is 19.3 Å². The maximum Gasteiger partial charge on any atom is 0.198 e. The fourth-order valence-corrected chi connectivity index (χ4v) is 3.44. The standard InChI is InChI=1S/C21H41FO8/c1-2-3-4-5-6-7-8-9-10-11-17(22)28-13-15(24)14-29-20-19(26)18(25)16(12-23)30-21(20)27/h15-21,23-27H,2-14H2,1H3/t15?,16-,17?,18+,19+,20-,21-/m1/s1. The lowest BCUT2D eigenvalue weighted by atomic mass is 9.99. The molecule has 2 unspecified atom stereocenters. The molecule has 9 heteroatoms. The van der Waals surface area contributed by atoms with E-state index in [1.54, 1.807) is 0 Å². The van der Waals surface area contributed by atoms with Crippen molar-refractivity contribution < 1.29 is 44.1 Å². The second-order valence-corrected chi connectivity index (χ2v) is 8.04. The third kappa shape index (κ3) is 10.8. The third-order valence-electron chi connectivity index (χ3n) is 5.33. The van der Waals surface area contributed by atoms with E-state index in [-0.39, 0.29) is 19.6 Å². The lowest BCUT2D eigenvalue weighted by Gasteiger charge is -2.40. The summed E-state index contributed by atoms with van der Waals surface area (Å²) in [5, 5.41) is 48.4. The van der Waals surface area contributed by atoms with Crippen molar-refractivity contribution in [1.82, 2.24) is 0 Å². The highest BCUT2D eigenvalue weighted by Gasteiger charge is 2.44. The van der Waals surface area contributed by atoms with Crippen molar-refractivity contribution in [3.05, 3.63) is 0 Å². The predicted octanol–water partition coefficient (Wildman–Crippen LogP) is 1.40. The summed E-state index contributed by atoms with van der Waals surface area (Å²) in [4.78, 5) is 0. The van der Waals surface area contributed by atoms with E-state index in [0.29, 0.717) is 0 Å². The van der Waals surface area contributed by atoms with Crippen LogP contribution < -0.4 is 0 Å². The van der Waals surface area contributed by atoms with E-state index in [9.17, 15) is 24.8 Å². The third-order valence-corrected chi connectivity index (χ3v) is 5.33. The Bertz CT molecular complexity index is 416. The number of rotatable bonds is 17. The minimum Gasteiger partial charge on any atom is -0.394 e. The van der Waals surface area contributed by atoms with Gasteiger partial charge in [-0.1, -0.05) is 58.3 Å². The van der Waals surface area contributed by atoms with E-state index in [2.05, 4.69) is 6.92 Å². The number of hydrogen-bond acceptors (Lipinski definition) is 8. The van der Waals surface area contributed by atoms with Gasteiger partial charge in [0, 0.05) is 6.42 Å². The fourth-order valence-electron chi connectivity index (χ4n) is 3.44. The Balaban J connectivity index is 2.08. The summed E-state index contributed by atoms with van der Waals surface area (Å²) in [6.07, 6.45) is 0.955. The molecule has 0 radical (unpaired) electrons. The second kappa shape index (κ2) is 16.3. The van der Waals surface area contributed by atoms with Gasteiger partial charge in [-0.05, 0) is 6.42 Å². The number of halogens is 1. The van der Waals surface area contributed by atoms with Crippen LogP contribution in [-0.4, -0.2) is 88.5 Å². The van der Waals surface area contributed by atoms with Crippen LogP contribution in [-0.2, 0) is 14.2 Å². The average molecular weight is 441 g/mol. The van der Waals surface area contributed by atoms with E-state index < -0.39 is 49.8 Å². The molecule has 7 atom stereocenters.